The van der Waals surface area contributed by atoms with Crippen molar-refractivity contribution in [3.63, 3.8) is 0 Å². The fourth-order valence-electron chi connectivity index (χ4n) is 3.72. The summed E-state index contributed by atoms with van der Waals surface area (Å²) < 4.78 is 2.00. The number of thiophene rings is 1. The van der Waals surface area contributed by atoms with Crippen LogP contribution in [0.25, 0.3) is 0 Å². The number of benzene rings is 1. The van der Waals surface area contributed by atoms with Crippen molar-refractivity contribution in [2.45, 2.75) is 32.9 Å². The second kappa shape index (κ2) is 9.22. The Morgan fingerprint density at radius 2 is 2.07 bits per heavy atom. The molecule has 1 atom stereocenters. The van der Waals surface area contributed by atoms with E-state index < -0.39 is 0 Å². The van der Waals surface area contributed by atoms with E-state index in [1.807, 2.05) is 18.5 Å². The maximum atomic E-state index is 4.90. The quantitative estimate of drug-likeness (QED) is 0.502. The van der Waals surface area contributed by atoms with E-state index in [1.54, 1.807) is 11.3 Å². The highest BCUT2D eigenvalue weighted by atomic mass is 32.1. The van der Waals surface area contributed by atoms with Crippen LogP contribution in [0.4, 0.5) is 0 Å². The molecule has 1 aromatic carbocycles. The van der Waals surface area contributed by atoms with Crippen LogP contribution >= 0.6 is 11.3 Å². The minimum absolute atomic E-state index is 0.532. The predicted octanol–water partition coefficient (Wildman–Crippen LogP) is 3.40. The van der Waals surface area contributed by atoms with Crippen molar-refractivity contribution in [2.24, 2.45) is 18.0 Å². The molecule has 7 heteroatoms. The van der Waals surface area contributed by atoms with Gasteiger partial charge in [-0.25, -0.2) is 4.99 Å². The lowest BCUT2D eigenvalue weighted by Crippen LogP contribution is -2.40. The van der Waals surface area contributed by atoms with Crippen molar-refractivity contribution in [1.82, 2.24) is 25.0 Å². The van der Waals surface area contributed by atoms with Crippen LogP contribution in [0.15, 0.2) is 52.8 Å². The molecule has 6 nitrogen and oxygen atoms in total. The Morgan fingerprint density at radius 1 is 1.21 bits per heavy atom. The van der Waals surface area contributed by atoms with E-state index in [2.05, 4.69) is 68.3 Å². The van der Waals surface area contributed by atoms with Gasteiger partial charge >= 0.3 is 0 Å². The van der Waals surface area contributed by atoms with Gasteiger partial charge in [0.25, 0.3) is 0 Å². The summed E-state index contributed by atoms with van der Waals surface area (Å²) >= 11 is 1.77. The molecule has 2 aromatic heterocycles. The third kappa shape index (κ3) is 5.03. The third-order valence-electron chi connectivity index (χ3n) is 5.51. The Kier molecular flexibility index (Phi) is 6.24. The average Bonchev–Trinajstić information content (AvgIpc) is 3.48. The zero-order chi connectivity index (χ0) is 20.1. The van der Waals surface area contributed by atoms with Gasteiger partial charge in [-0.3, -0.25) is 0 Å². The van der Waals surface area contributed by atoms with E-state index in [4.69, 9.17) is 4.99 Å². The topological polar surface area (TPSA) is 58.3 Å². The number of nitrogens with one attached hydrogen (secondary N) is 1. The molecule has 1 unspecified atom stereocenters. The Labute approximate surface area is 176 Å². The molecule has 29 heavy (non-hydrogen) atoms. The number of hydrogen-bond donors (Lipinski definition) is 1. The van der Waals surface area contributed by atoms with Crippen molar-refractivity contribution in [3.8, 4) is 0 Å². The lowest BCUT2D eigenvalue weighted by atomic mass is 9.99. The first-order chi connectivity index (χ1) is 14.2. The van der Waals surface area contributed by atoms with Gasteiger partial charge in [0.15, 0.2) is 11.8 Å². The lowest BCUT2D eigenvalue weighted by Gasteiger charge is -2.22. The fraction of sp³-hybridized carbons (Fsp3) is 0.409. The minimum Gasteiger partial charge on any atom is -0.351 e. The van der Waals surface area contributed by atoms with Gasteiger partial charge in [0.1, 0.15) is 12.4 Å². The molecule has 4 rings (SSSR count). The first-order valence-corrected chi connectivity index (χ1v) is 11.0. The molecule has 1 N–H and O–H groups in total. The molecule has 1 aliphatic rings. The van der Waals surface area contributed by atoms with Crippen LogP contribution in [-0.4, -0.2) is 38.7 Å². The molecule has 0 aliphatic carbocycles. The second-order valence-electron chi connectivity index (χ2n) is 7.59. The maximum absolute atomic E-state index is 4.90. The molecule has 0 spiro atoms. The molecule has 0 bridgehead atoms. The number of rotatable bonds is 6. The van der Waals surface area contributed by atoms with Crippen LogP contribution in [0.1, 0.15) is 28.5 Å². The van der Waals surface area contributed by atoms with Crippen LogP contribution in [0.5, 0.6) is 0 Å². The fourth-order valence-corrected chi connectivity index (χ4v) is 4.36. The SMILES string of the molecule is Cc1nnc(CN=C(NCc2cccs2)N2CCC(Cc3ccccc3)C2)n1C. The number of aromatic nitrogens is 3. The molecule has 3 heterocycles. The number of nitrogens with zero attached hydrogens (tertiary/aromatic N) is 5. The Morgan fingerprint density at radius 3 is 2.79 bits per heavy atom. The molecule has 152 valence electrons. The highest BCUT2D eigenvalue weighted by Crippen LogP contribution is 2.21. The van der Waals surface area contributed by atoms with Gasteiger partial charge in [0, 0.05) is 25.0 Å². The smallest absolute Gasteiger partial charge is 0.194 e. The predicted molar refractivity (Wildman–Crippen MR) is 118 cm³/mol. The standard InChI is InChI=1S/C22H28N6S/c1-17-25-26-21(27(17)2)15-24-22(23-14-20-9-6-12-29-20)28-11-10-19(16-28)13-18-7-4-3-5-8-18/h3-9,12,19H,10-11,13-16H2,1-2H3,(H,23,24). The second-order valence-corrected chi connectivity index (χ2v) is 8.62. The first-order valence-electron chi connectivity index (χ1n) is 10.1. The van der Waals surface area contributed by atoms with Crippen LogP contribution in [0, 0.1) is 12.8 Å². The average molecular weight is 409 g/mol. The van der Waals surface area contributed by atoms with Crippen molar-refractivity contribution in [1.29, 1.82) is 0 Å². The Bertz CT molecular complexity index is 932. The van der Waals surface area contributed by atoms with E-state index in [0.717, 1.165) is 43.7 Å². The van der Waals surface area contributed by atoms with Gasteiger partial charge in [-0.15, -0.1) is 21.5 Å². The highest BCUT2D eigenvalue weighted by molar-refractivity contribution is 7.09. The van der Waals surface area contributed by atoms with Gasteiger partial charge in [-0.2, -0.15) is 0 Å². The highest BCUT2D eigenvalue weighted by Gasteiger charge is 2.25. The van der Waals surface area contributed by atoms with Crippen molar-refractivity contribution in [2.75, 3.05) is 13.1 Å². The zero-order valence-electron chi connectivity index (χ0n) is 17.1. The summed E-state index contributed by atoms with van der Waals surface area (Å²) in [6.07, 6.45) is 2.32. The number of likely N-dealkylation sites (tertiary alicyclic amines) is 1. The summed E-state index contributed by atoms with van der Waals surface area (Å²) in [5.41, 5.74) is 1.42. The molecule has 1 saturated heterocycles. The van der Waals surface area contributed by atoms with Crippen molar-refractivity contribution >= 4 is 17.3 Å². The minimum atomic E-state index is 0.532. The van der Waals surface area contributed by atoms with Crippen molar-refractivity contribution in [3.05, 3.63) is 69.9 Å². The van der Waals surface area contributed by atoms with E-state index >= 15 is 0 Å². The lowest BCUT2D eigenvalue weighted by molar-refractivity contribution is 0.458. The van der Waals surface area contributed by atoms with Crippen LogP contribution < -0.4 is 5.32 Å². The number of aryl methyl sites for hydroxylation is 1. The maximum Gasteiger partial charge on any atom is 0.194 e. The molecular formula is C22H28N6S. The van der Waals surface area contributed by atoms with E-state index in [-0.39, 0.29) is 0 Å². The molecule has 0 radical (unpaired) electrons. The Hall–Kier alpha value is -2.67. The van der Waals surface area contributed by atoms with Crippen molar-refractivity contribution < 1.29 is 0 Å². The summed E-state index contributed by atoms with van der Waals surface area (Å²) in [6, 6.07) is 15.0. The van der Waals surface area contributed by atoms with Gasteiger partial charge in [0.05, 0.1) is 6.54 Å². The number of aliphatic imine (C=N–C) groups is 1. The first kappa shape index (κ1) is 19.6. The van der Waals surface area contributed by atoms with Crippen LogP contribution in [-0.2, 0) is 26.6 Å². The third-order valence-corrected chi connectivity index (χ3v) is 6.38. The van der Waals surface area contributed by atoms with Gasteiger partial charge in [-0.05, 0) is 42.7 Å². The van der Waals surface area contributed by atoms with E-state index in [9.17, 15) is 0 Å². The van der Waals surface area contributed by atoms with E-state index in [1.165, 1.54) is 16.9 Å². The molecular weight excluding hydrogens is 380 g/mol. The monoisotopic (exact) mass is 408 g/mol. The van der Waals surface area contributed by atoms with Crippen LogP contribution in [0.2, 0.25) is 0 Å². The number of hydrogen-bond acceptors (Lipinski definition) is 4. The molecule has 0 saturated carbocycles. The Balaban J connectivity index is 1.44. The normalized spacial score (nSPS) is 17.1. The van der Waals surface area contributed by atoms with Gasteiger partial charge < -0.3 is 14.8 Å². The molecule has 1 aliphatic heterocycles. The summed E-state index contributed by atoms with van der Waals surface area (Å²) in [6.45, 7) is 5.36. The number of guanidine groups is 1. The summed E-state index contributed by atoms with van der Waals surface area (Å²) in [5, 5.41) is 14.1. The van der Waals surface area contributed by atoms with Gasteiger partial charge in [0.2, 0.25) is 0 Å². The van der Waals surface area contributed by atoms with E-state index in [0.29, 0.717) is 12.5 Å². The summed E-state index contributed by atoms with van der Waals surface area (Å²) in [4.78, 5) is 8.61. The largest absolute Gasteiger partial charge is 0.351 e. The van der Waals surface area contributed by atoms with Crippen LogP contribution in [0.3, 0.4) is 0 Å². The molecule has 3 aromatic rings. The summed E-state index contributed by atoms with van der Waals surface area (Å²) in [7, 11) is 1.99. The summed E-state index contributed by atoms with van der Waals surface area (Å²) in [5.74, 6) is 3.42. The van der Waals surface area contributed by atoms with Gasteiger partial charge in [-0.1, -0.05) is 36.4 Å². The zero-order valence-corrected chi connectivity index (χ0v) is 17.9. The molecule has 0 amide bonds. The molecule has 1 fully saturated rings.